The zero-order chi connectivity index (χ0) is 28.2. The van der Waals surface area contributed by atoms with Gasteiger partial charge in [0.25, 0.3) is 5.91 Å². The summed E-state index contributed by atoms with van der Waals surface area (Å²) in [7, 11) is 3.87. The van der Waals surface area contributed by atoms with E-state index in [0.29, 0.717) is 5.82 Å². The summed E-state index contributed by atoms with van der Waals surface area (Å²) in [6, 6.07) is 8.60. The van der Waals surface area contributed by atoms with Gasteiger partial charge in [0.2, 0.25) is 5.82 Å². The van der Waals surface area contributed by atoms with Crippen LogP contribution in [-0.4, -0.2) is 86.6 Å². The minimum absolute atomic E-state index is 0.00171. The van der Waals surface area contributed by atoms with Gasteiger partial charge >= 0.3 is 12.1 Å². The summed E-state index contributed by atoms with van der Waals surface area (Å²) in [5.41, 5.74) is 1.29. The second kappa shape index (κ2) is 11.9. The number of nitrogens with one attached hydrogen (secondary N) is 1. The number of fused-ring (bicyclic) bond motifs is 1. The summed E-state index contributed by atoms with van der Waals surface area (Å²) >= 11 is 0. The van der Waals surface area contributed by atoms with E-state index in [1.165, 1.54) is 24.8 Å². The van der Waals surface area contributed by atoms with Crippen molar-refractivity contribution in [3.63, 3.8) is 0 Å². The Morgan fingerprint density at radius 1 is 1.13 bits per heavy atom. The molecule has 1 saturated heterocycles. The third kappa shape index (κ3) is 6.88. The number of aromatic nitrogens is 3. The Kier molecular flexibility index (Phi) is 8.80. The number of rotatable bonds is 5. The standard InChI is InChI=1S/C24H34N6O2.C2HF3O2/c1-28-15-21-26-27-22(23(31)25-19-6-4-3-5-7-19)30(21)17-24(28)12-13-29(16-24)14-18-8-10-20(32-2)11-9-18;3-2(4,5)1(6)7/h8-11,19H,3-7,12-17H2,1-2H3,(H,25,31);(H,6,7). The number of halogens is 3. The monoisotopic (exact) mass is 552 g/mol. The first-order chi connectivity index (χ1) is 18.5. The highest BCUT2D eigenvalue weighted by Gasteiger charge is 2.46. The normalized spacial score (nSPS) is 22.2. The number of likely N-dealkylation sites (N-methyl/N-ethyl adjacent to an activating group) is 1. The second-order valence-corrected chi connectivity index (χ2v) is 10.5. The van der Waals surface area contributed by atoms with Gasteiger partial charge in [-0.05, 0) is 44.0 Å². The molecule has 39 heavy (non-hydrogen) atoms. The van der Waals surface area contributed by atoms with Crippen LogP contribution in [-0.2, 0) is 24.4 Å². The first-order valence-electron chi connectivity index (χ1n) is 13.1. The number of amides is 1. The number of carbonyl (C=O) groups is 2. The first kappa shape index (κ1) is 28.8. The van der Waals surface area contributed by atoms with Gasteiger partial charge in [0, 0.05) is 32.2 Å². The number of benzene rings is 1. The molecule has 1 saturated carbocycles. The number of carboxylic acids is 1. The molecule has 1 spiro atoms. The van der Waals surface area contributed by atoms with Crippen LogP contribution in [0.5, 0.6) is 5.75 Å². The Balaban J connectivity index is 0.000000448. The van der Waals surface area contributed by atoms with E-state index in [1.54, 1.807) is 7.11 Å². The Bertz CT molecular complexity index is 1150. The van der Waals surface area contributed by atoms with Crippen molar-refractivity contribution in [2.45, 2.75) is 75.9 Å². The number of carboxylic acid groups (broad SMARTS) is 1. The lowest BCUT2D eigenvalue weighted by molar-refractivity contribution is -0.192. The topological polar surface area (TPSA) is 113 Å². The summed E-state index contributed by atoms with van der Waals surface area (Å²) in [6.45, 7) is 4.41. The van der Waals surface area contributed by atoms with Crippen LogP contribution >= 0.6 is 0 Å². The molecule has 2 aromatic rings. The molecule has 10 nitrogen and oxygen atoms in total. The SMILES string of the molecule is COc1ccc(CN2CCC3(C2)Cn2c(nnc2C(=O)NC2CCCCC2)CN3C)cc1.O=C(O)C(F)(F)F. The van der Waals surface area contributed by atoms with Gasteiger partial charge in [-0.3, -0.25) is 14.6 Å². The Labute approximate surface area is 225 Å². The van der Waals surface area contributed by atoms with Crippen LogP contribution in [0, 0.1) is 0 Å². The largest absolute Gasteiger partial charge is 0.497 e. The summed E-state index contributed by atoms with van der Waals surface area (Å²) in [4.78, 5) is 26.8. The van der Waals surface area contributed by atoms with Crippen molar-refractivity contribution in [1.29, 1.82) is 0 Å². The van der Waals surface area contributed by atoms with Gasteiger partial charge < -0.3 is 19.7 Å². The molecule has 1 unspecified atom stereocenters. The van der Waals surface area contributed by atoms with Crippen molar-refractivity contribution in [3.05, 3.63) is 41.5 Å². The van der Waals surface area contributed by atoms with Crippen molar-refractivity contribution in [3.8, 4) is 5.75 Å². The van der Waals surface area contributed by atoms with E-state index in [2.05, 4.69) is 49.1 Å². The molecular formula is C26H35F3N6O4. The molecule has 2 N–H and O–H groups in total. The lowest BCUT2D eigenvalue weighted by atomic mass is 9.94. The quantitative estimate of drug-likeness (QED) is 0.582. The number of aliphatic carboxylic acids is 1. The fourth-order valence-electron chi connectivity index (χ4n) is 5.58. The fourth-order valence-corrected chi connectivity index (χ4v) is 5.58. The second-order valence-electron chi connectivity index (χ2n) is 10.5. The van der Waals surface area contributed by atoms with Crippen molar-refractivity contribution in [1.82, 2.24) is 29.9 Å². The molecule has 2 aliphatic heterocycles. The van der Waals surface area contributed by atoms with E-state index < -0.39 is 12.1 Å². The van der Waals surface area contributed by atoms with Crippen LogP contribution in [0.4, 0.5) is 13.2 Å². The van der Waals surface area contributed by atoms with Crippen LogP contribution in [0.15, 0.2) is 24.3 Å². The number of alkyl halides is 3. The Morgan fingerprint density at radius 3 is 2.41 bits per heavy atom. The van der Waals surface area contributed by atoms with E-state index in [-0.39, 0.29) is 17.5 Å². The molecule has 214 valence electrons. The van der Waals surface area contributed by atoms with Crippen LogP contribution < -0.4 is 10.1 Å². The molecular weight excluding hydrogens is 517 g/mol. The zero-order valence-corrected chi connectivity index (χ0v) is 22.2. The van der Waals surface area contributed by atoms with Crippen LogP contribution in [0.25, 0.3) is 0 Å². The van der Waals surface area contributed by atoms with Gasteiger partial charge in [0.1, 0.15) is 11.6 Å². The molecule has 2 fully saturated rings. The third-order valence-corrected chi connectivity index (χ3v) is 7.83. The van der Waals surface area contributed by atoms with Gasteiger partial charge in [-0.15, -0.1) is 10.2 Å². The van der Waals surface area contributed by atoms with Gasteiger partial charge in [0.05, 0.1) is 19.2 Å². The highest BCUT2D eigenvalue weighted by Crippen LogP contribution is 2.35. The van der Waals surface area contributed by atoms with Gasteiger partial charge in [0.15, 0.2) is 0 Å². The lowest BCUT2D eigenvalue weighted by Crippen LogP contribution is -2.55. The average Bonchev–Trinajstić information content (AvgIpc) is 3.50. The summed E-state index contributed by atoms with van der Waals surface area (Å²) in [5.74, 6) is -0.569. The summed E-state index contributed by atoms with van der Waals surface area (Å²) in [5, 5.41) is 19.0. The number of methoxy groups -OCH3 is 1. The van der Waals surface area contributed by atoms with E-state index in [0.717, 1.165) is 63.6 Å². The number of carbonyl (C=O) groups excluding carboxylic acids is 1. The number of ether oxygens (including phenoxy) is 1. The maximum Gasteiger partial charge on any atom is 0.490 e. The number of hydrogen-bond acceptors (Lipinski definition) is 7. The molecule has 1 aromatic carbocycles. The van der Waals surface area contributed by atoms with Gasteiger partial charge in [-0.25, -0.2) is 4.79 Å². The third-order valence-electron chi connectivity index (χ3n) is 7.83. The fraction of sp³-hybridized carbons (Fsp3) is 0.615. The number of likely N-dealkylation sites (tertiary alicyclic amines) is 1. The average molecular weight is 553 g/mol. The molecule has 0 bridgehead atoms. The van der Waals surface area contributed by atoms with E-state index in [4.69, 9.17) is 14.6 Å². The van der Waals surface area contributed by atoms with Gasteiger partial charge in [-0.1, -0.05) is 31.4 Å². The molecule has 3 aliphatic rings. The summed E-state index contributed by atoms with van der Waals surface area (Å²) < 4.78 is 39.1. The first-order valence-corrected chi connectivity index (χ1v) is 13.1. The Morgan fingerprint density at radius 2 is 1.79 bits per heavy atom. The molecule has 0 radical (unpaired) electrons. The molecule has 1 atom stereocenters. The predicted octanol–water partition coefficient (Wildman–Crippen LogP) is 3.07. The van der Waals surface area contributed by atoms with Crippen LogP contribution in [0.3, 0.4) is 0 Å². The zero-order valence-electron chi connectivity index (χ0n) is 22.2. The molecule has 3 heterocycles. The van der Waals surface area contributed by atoms with Crippen molar-refractivity contribution in [2.24, 2.45) is 0 Å². The van der Waals surface area contributed by atoms with Crippen molar-refractivity contribution in [2.75, 3.05) is 27.2 Å². The van der Waals surface area contributed by atoms with Crippen LogP contribution in [0.2, 0.25) is 0 Å². The van der Waals surface area contributed by atoms with E-state index in [1.807, 2.05) is 12.1 Å². The van der Waals surface area contributed by atoms with Crippen LogP contribution in [0.1, 0.15) is 60.5 Å². The van der Waals surface area contributed by atoms with Crippen molar-refractivity contribution < 1.29 is 32.6 Å². The molecule has 5 rings (SSSR count). The van der Waals surface area contributed by atoms with Crippen molar-refractivity contribution >= 4 is 11.9 Å². The molecule has 1 aromatic heterocycles. The van der Waals surface area contributed by atoms with Gasteiger partial charge in [-0.2, -0.15) is 13.2 Å². The Hall–Kier alpha value is -3.19. The molecule has 1 aliphatic carbocycles. The minimum Gasteiger partial charge on any atom is -0.497 e. The minimum atomic E-state index is -5.08. The summed E-state index contributed by atoms with van der Waals surface area (Å²) in [6.07, 6.45) is 1.79. The van der Waals surface area contributed by atoms with E-state index in [9.17, 15) is 18.0 Å². The smallest absolute Gasteiger partial charge is 0.490 e. The molecule has 1 amide bonds. The number of nitrogens with zero attached hydrogens (tertiary/aromatic N) is 5. The number of hydrogen-bond donors (Lipinski definition) is 2. The highest BCUT2D eigenvalue weighted by molar-refractivity contribution is 5.91. The highest BCUT2D eigenvalue weighted by atomic mass is 19.4. The maximum absolute atomic E-state index is 13.0. The lowest BCUT2D eigenvalue weighted by Gasteiger charge is -2.43. The van der Waals surface area contributed by atoms with E-state index >= 15 is 0 Å². The predicted molar refractivity (Wildman–Crippen MR) is 135 cm³/mol. The maximum atomic E-state index is 13.0. The molecule has 13 heteroatoms.